The predicted octanol–water partition coefficient (Wildman–Crippen LogP) is 1.61. The number of likely N-dealkylation sites (tertiary alicyclic amines) is 1. The summed E-state index contributed by atoms with van der Waals surface area (Å²) in [5.74, 6) is -1.56. The first-order valence-corrected chi connectivity index (χ1v) is 7.14. The van der Waals surface area contributed by atoms with Gasteiger partial charge in [0, 0.05) is 25.8 Å². The molecule has 1 fully saturated rings. The number of nitrogens with zero attached hydrogens (tertiary/aromatic N) is 2. The van der Waals surface area contributed by atoms with E-state index in [1.54, 1.807) is 13.0 Å². The SMILES string of the molecule is COC1CC(CC(=O)O)N(C(=O)c2cc(C)ccc2[N+](=O)[O-])C1. The summed E-state index contributed by atoms with van der Waals surface area (Å²) in [6.07, 6.45) is -0.0912. The Bertz CT molecular complexity index is 645. The number of carbonyl (C=O) groups is 2. The molecular weight excluding hydrogens is 304 g/mol. The van der Waals surface area contributed by atoms with Crippen LogP contribution in [0.25, 0.3) is 0 Å². The first-order chi connectivity index (χ1) is 10.8. The third-order valence-corrected chi connectivity index (χ3v) is 3.96. The number of aliphatic carboxylic acids is 1. The molecule has 1 aromatic carbocycles. The summed E-state index contributed by atoms with van der Waals surface area (Å²) >= 11 is 0. The second-order valence-electron chi connectivity index (χ2n) is 5.58. The van der Waals surface area contributed by atoms with Crippen molar-refractivity contribution in [1.82, 2.24) is 4.90 Å². The van der Waals surface area contributed by atoms with E-state index in [0.29, 0.717) is 6.42 Å². The number of amides is 1. The number of benzene rings is 1. The highest BCUT2D eigenvalue weighted by molar-refractivity contribution is 5.99. The molecule has 0 radical (unpaired) electrons. The minimum absolute atomic E-state index is 0.0258. The lowest BCUT2D eigenvalue weighted by Crippen LogP contribution is -2.37. The zero-order valence-electron chi connectivity index (χ0n) is 12.9. The van der Waals surface area contributed by atoms with Crippen LogP contribution in [0.3, 0.4) is 0 Å². The third-order valence-electron chi connectivity index (χ3n) is 3.96. The average Bonchev–Trinajstić information content (AvgIpc) is 2.88. The molecule has 0 spiro atoms. The minimum Gasteiger partial charge on any atom is -0.481 e. The Balaban J connectivity index is 2.36. The van der Waals surface area contributed by atoms with Crippen molar-refractivity contribution in [2.24, 2.45) is 0 Å². The van der Waals surface area contributed by atoms with Crippen molar-refractivity contribution in [1.29, 1.82) is 0 Å². The molecule has 2 atom stereocenters. The highest BCUT2D eigenvalue weighted by Crippen LogP contribution is 2.28. The Morgan fingerprint density at radius 3 is 2.74 bits per heavy atom. The van der Waals surface area contributed by atoms with E-state index in [4.69, 9.17) is 9.84 Å². The lowest BCUT2D eigenvalue weighted by Gasteiger charge is -2.23. The van der Waals surface area contributed by atoms with E-state index in [1.165, 1.54) is 24.1 Å². The maximum Gasteiger partial charge on any atom is 0.305 e. The Labute approximate surface area is 132 Å². The number of nitro groups is 1. The van der Waals surface area contributed by atoms with Gasteiger partial charge in [-0.2, -0.15) is 0 Å². The Morgan fingerprint density at radius 1 is 1.48 bits per heavy atom. The van der Waals surface area contributed by atoms with Crippen LogP contribution in [0.4, 0.5) is 5.69 Å². The van der Waals surface area contributed by atoms with Crippen LogP contribution in [0, 0.1) is 17.0 Å². The molecular formula is C15H18N2O6. The zero-order chi connectivity index (χ0) is 17.1. The Kier molecular flexibility index (Phi) is 4.95. The van der Waals surface area contributed by atoms with E-state index < -0.39 is 22.8 Å². The van der Waals surface area contributed by atoms with Gasteiger partial charge < -0.3 is 14.7 Å². The van der Waals surface area contributed by atoms with E-state index in [9.17, 15) is 19.7 Å². The molecule has 23 heavy (non-hydrogen) atoms. The number of nitro benzene ring substituents is 1. The molecule has 8 nitrogen and oxygen atoms in total. The van der Waals surface area contributed by atoms with Crippen molar-refractivity contribution >= 4 is 17.6 Å². The Hall–Kier alpha value is -2.48. The largest absolute Gasteiger partial charge is 0.481 e. The highest BCUT2D eigenvalue weighted by Gasteiger charge is 2.38. The molecule has 0 aliphatic carbocycles. The number of ether oxygens (including phenoxy) is 1. The summed E-state index contributed by atoms with van der Waals surface area (Å²) in [7, 11) is 1.49. The molecule has 124 valence electrons. The van der Waals surface area contributed by atoms with Gasteiger partial charge in [0.05, 0.1) is 17.4 Å². The zero-order valence-corrected chi connectivity index (χ0v) is 12.9. The number of hydrogen-bond donors (Lipinski definition) is 1. The summed E-state index contributed by atoms with van der Waals surface area (Å²) in [6, 6.07) is 3.77. The topological polar surface area (TPSA) is 110 Å². The Morgan fingerprint density at radius 2 is 2.17 bits per heavy atom. The number of aryl methyl sites for hydroxylation is 1. The van der Waals surface area contributed by atoms with Crippen LogP contribution in [0.15, 0.2) is 18.2 Å². The second kappa shape index (κ2) is 6.74. The van der Waals surface area contributed by atoms with E-state index in [1.807, 2.05) is 0 Å². The van der Waals surface area contributed by atoms with Gasteiger partial charge in [0.1, 0.15) is 5.56 Å². The lowest BCUT2D eigenvalue weighted by molar-refractivity contribution is -0.385. The van der Waals surface area contributed by atoms with Gasteiger partial charge in [-0.15, -0.1) is 0 Å². The van der Waals surface area contributed by atoms with E-state index in [-0.39, 0.29) is 30.3 Å². The summed E-state index contributed by atoms with van der Waals surface area (Å²) < 4.78 is 5.22. The van der Waals surface area contributed by atoms with Crippen molar-refractivity contribution in [2.75, 3.05) is 13.7 Å². The van der Waals surface area contributed by atoms with Gasteiger partial charge in [-0.3, -0.25) is 19.7 Å². The number of carboxylic acid groups (broad SMARTS) is 1. The van der Waals surface area contributed by atoms with Crippen molar-refractivity contribution in [3.63, 3.8) is 0 Å². The molecule has 0 saturated carbocycles. The van der Waals surface area contributed by atoms with Crippen LogP contribution in [-0.4, -0.2) is 52.6 Å². The van der Waals surface area contributed by atoms with Crippen molar-refractivity contribution in [2.45, 2.75) is 31.9 Å². The monoisotopic (exact) mass is 322 g/mol. The van der Waals surface area contributed by atoms with E-state index in [0.717, 1.165) is 5.56 Å². The molecule has 2 rings (SSSR count). The van der Waals surface area contributed by atoms with Gasteiger partial charge in [0.2, 0.25) is 0 Å². The molecule has 1 aliphatic rings. The highest BCUT2D eigenvalue weighted by atomic mass is 16.6. The number of carbonyl (C=O) groups excluding carboxylic acids is 1. The van der Waals surface area contributed by atoms with Gasteiger partial charge in [-0.1, -0.05) is 6.07 Å². The summed E-state index contributed by atoms with van der Waals surface area (Å²) in [4.78, 5) is 35.7. The standard InChI is InChI=1S/C15H18N2O6/c1-9-3-4-13(17(21)22)12(5-9)15(20)16-8-11(23-2)6-10(16)7-14(18)19/h3-5,10-11H,6-8H2,1-2H3,(H,18,19). The molecule has 1 amide bonds. The van der Waals surface area contributed by atoms with Crippen LogP contribution in [-0.2, 0) is 9.53 Å². The first kappa shape index (κ1) is 16.9. The fraction of sp³-hybridized carbons (Fsp3) is 0.467. The molecule has 1 heterocycles. The average molecular weight is 322 g/mol. The lowest BCUT2D eigenvalue weighted by atomic mass is 10.1. The fourth-order valence-corrected chi connectivity index (χ4v) is 2.82. The second-order valence-corrected chi connectivity index (χ2v) is 5.58. The van der Waals surface area contributed by atoms with Crippen LogP contribution < -0.4 is 0 Å². The molecule has 2 unspecified atom stereocenters. The van der Waals surface area contributed by atoms with Gasteiger partial charge in [0.25, 0.3) is 11.6 Å². The van der Waals surface area contributed by atoms with Crippen LogP contribution in [0.5, 0.6) is 0 Å². The number of carboxylic acids is 1. The molecule has 1 aliphatic heterocycles. The quantitative estimate of drug-likeness (QED) is 0.651. The molecule has 1 aromatic rings. The number of hydrogen-bond acceptors (Lipinski definition) is 5. The van der Waals surface area contributed by atoms with E-state index in [2.05, 4.69) is 0 Å². The van der Waals surface area contributed by atoms with Gasteiger partial charge in [-0.05, 0) is 25.0 Å². The van der Waals surface area contributed by atoms with Gasteiger partial charge in [0.15, 0.2) is 0 Å². The maximum atomic E-state index is 12.8. The van der Waals surface area contributed by atoms with Crippen molar-refractivity contribution in [3.05, 3.63) is 39.4 Å². The van der Waals surface area contributed by atoms with Gasteiger partial charge in [-0.25, -0.2) is 0 Å². The normalized spacial score (nSPS) is 20.5. The van der Waals surface area contributed by atoms with E-state index >= 15 is 0 Å². The fourth-order valence-electron chi connectivity index (χ4n) is 2.82. The summed E-state index contributed by atoms with van der Waals surface area (Å²) in [6.45, 7) is 1.95. The van der Waals surface area contributed by atoms with Crippen LogP contribution in [0.2, 0.25) is 0 Å². The number of rotatable bonds is 5. The predicted molar refractivity (Wildman–Crippen MR) is 80.3 cm³/mol. The van der Waals surface area contributed by atoms with Gasteiger partial charge >= 0.3 is 5.97 Å². The smallest absolute Gasteiger partial charge is 0.305 e. The molecule has 8 heteroatoms. The minimum atomic E-state index is -1.02. The first-order valence-electron chi connectivity index (χ1n) is 7.14. The molecule has 1 N–H and O–H groups in total. The van der Waals surface area contributed by atoms with Crippen molar-refractivity contribution in [3.8, 4) is 0 Å². The third kappa shape index (κ3) is 3.65. The van der Waals surface area contributed by atoms with Crippen LogP contribution in [0.1, 0.15) is 28.8 Å². The molecule has 0 aromatic heterocycles. The summed E-state index contributed by atoms with van der Waals surface area (Å²) in [5, 5.41) is 20.2. The van der Waals surface area contributed by atoms with Crippen LogP contribution >= 0.6 is 0 Å². The maximum absolute atomic E-state index is 12.8. The number of methoxy groups -OCH3 is 1. The molecule has 0 bridgehead atoms. The molecule has 1 saturated heterocycles. The van der Waals surface area contributed by atoms with Crippen molar-refractivity contribution < 1.29 is 24.4 Å². The summed E-state index contributed by atoms with van der Waals surface area (Å²) in [5.41, 5.74) is 0.411.